The molecule has 7 N–H and O–H groups in total. The van der Waals surface area contributed by atoms with Gasteiger partial charge in [0.1, 0.15) is 0 Å². The van der Waals surface area contributed by atoms with E-state index in [9.17, 15) is 0 Å². The second-order valence-electron chi connectivity index (χ2n) is 9.34. The summed E-state index contributed by atoms with van der Waals surface area (Å²) in [6.07, 6.45) is 8.83. The van der Waals surface area contributed by atoms with E-state index in [-0.39, 0.29) is 0 Å². The minimum atomic E-state index is 0.638. The lowest BCUT2D eigenvalue weighted by Gasteiger charge is -2.24. The van der Waals surface area contributed by atoms with Crippen LogP contribution in [-0.2, 0) is 0 Å². The van der Waals surface area contributed by atoms with Crippen LogP contribution in [0.2, 0.25) is 0 Å². The number of hydrogen-bond acceptors (Lipinski definition) is 8. The first kappa shape index (κ1) is 27.9. The van der Waals surface area contributed by atoms with Crippen molar-refractivity contribution in [2.45, 2.75) is 51.0 Å². The highest BCUT2D eigenvalue weighted by atomic mass is 15.1. The Kier molecular flexibility index (Phi) is 18.5. The molecule has 1 atom stereocenters. The fourth-order valence-electron chi connectivity index (χ4n) is 4.50. The Morgan fingerprint density at radius 3 is 1.75 bits per heavy atom. The molecule has 0 spiro atoms. The molecule has 8 heteroatoms. The van der Waals surface area contributed by atoms with Gasteiger partial charge in [-0.05, 0) is 90.9 Å². The van der Waals surface area contributed by atoms with Crippen LogP contribution in [0, 0.1) is 0 Å². The fraction of sp³-hybridized carbons (Fsp3) is 1.00. The molecule has 0 amide bonds. The van der Waals surface area contributed by atoms with Crippen LogP contribution in [0.15, 0.2) is 0 Å². The molecule has 2 fully saturated rings. The fourth-order valence-corrected chi connectivity index (χ4v) is 4.50. The van der Waals surface area contributed by atoms with Gasteiger partial charge in [-0.3, -0.25) is 0 Å². The molecule has 190 valence electrons. The first-order valence-electron chi connectivity index (χ1n) is 13.7. The molecule has 0 aromatic heterocycles. The average Bonchev–Trinajstić information content (AvgIpc) is 2.81. The van der Waals surface area contributed by atoms with E-state index in [2.05, 4.69) is 42.1 Å². The van der Waals surface area contributed by atoms with Crippen LogP contribution in [0.25, 0.3) is 0 Å². The van der Waals surface area contributed by atoms with E-state index in [0.717, 1.165) is 85.1 Å². The zero-order valence-electron chi connectivity index (χ0n) is 20.8. The molecule has 8 nitrogen and oxygen atoms in total. The molecule has 32 heavy (non-hydrogen) atoms. The summed E-state index contributed by atoms with van der Waals surface area (Å²) in [6.45, 7) is 18.0. The van der Waals surface area contributed by atoms with Crippen LogP contribution in [0.5, 0.6) is 0 Å². The van der Waals surface area contributed by atoms with Crippen LogP contribution in [-0.4, -0.2) is 116 Å². The summed E-state index contributed by atoms with van der Waals surface area (Å²) in [5.41, 5.74) is 0. The van der Waals surface area contributed by atoms with Crippen molar-refractivity contribution in [3.8, 4) is 0 Å². The maximum Gasteiger partial charge on any atom is 0.0107 e. The zero-order valence-corrected chi connectivity index (χ0v) is 20.8. The lowest BCUT2D eigenvalue weighted by atomic mass is 10.1. The Hall–Kier alpha value is -0.320. The van der Waals surface area contributed by atoms with E-state index in [1.54, 1.807) is 0 Å². The minimum Gasteiger partial charge on any atom is -0.315 e. The molecule has 1 unspecified atom stereocenters. The van der Waals surface area contributed by atoms with Gasteiger partial charge >= 0.3 is 0 Å². The Balaban J connectivity index is 1.62. The molecule has 0 aromatic rings. The quantitative estimate of drug-likeness (QED) is 0.281. The zero-order chi connectivity index (χ0) is 22.4. The maximum absolute atomic E-state index is 3.81. The van der Waals surface area contributed by atoms with Crippen molar-refractivity contribution in [2.24, 2.45) is 0 Å². The lowest BCUT2D eigenvalue weighted by molar-refractivity contribution is 0.259. The van der Waals surface area contributed by atoms with Crippen molar-refractivity contribution in [3.05, 3.63) is 0 Å². The van der Waals surface area contributed by atoms with Gasteiger partial charge in [0.05, 0.1) is 0 Å². The Morgan fingerprint density at radius 2 is 1.06 bits per heavy atom. The lowest BCUT2D eigenvalue weighted by Crippen LogP contribution is -2.39. The number of unbranched alkanes of at least 4 members (excludes halogenated alkanes) is 1. The van der Waals surface area contributed by atoms with Crippen molar-refractivity contribution in [2.75, 3.05) is 105 Å². The van der Waals surface area contributed by atoms with Crippen LogP contribution in [0.4, 0.5) is 0 Å². The van der Waals surface area contributed by atoms with E-state index in [0.29, 0.717) is 6.04 Å². The third-order valence-electron chi connectivity index (χ3n) is 6.49. The summed E-state index contributed by atoms with van der Waals surface area (Å²) in [5.74, 6) is 0. The van der Waals surface area contributed by atoms with E-state index >= 15 is 0 Å². The number of nitrogens with zero attached hydrogens (tertiary/aromatic N) is 1. The predicted molar refractivity (Wildman–Crippen MR) is 138 cm³/mol. The molecule has 0 radical (unpaired) electrons. The summed E-state index contributed by atoms with van der Waals surface area (Å²) in [6, 6.07) is 0.638. The van der Waals surface area contributed by atoms with Gasteiger partial charge in [0.15, 0.2) is 0 Å². The summed E-state index contributed by atoms with van der Waals surface area (Å²) in [7, 11) is 0. The van der Waals surface area contributed by atoms with Gasteiger partial charge in [0, 0.05) is 58.4 Å². The highest BCUT2D eigenvalue weighted by Gasteiger charge is 2.10. The molecule has 0 saturated carbocycles. The summed E-state index contributed by atoms with van der Waals surface area (Å²) < 4.78 is 0. The number of rotatable bonds is 5. The summed E-state index contributed by atoms with van der Waals surface area (Å²) >= 11 is 0. The van der Waals surface area contributed by atoms with Gasteiger partial charge in [-0.25, -0.2) is 0 Å². The Morgan fingerprint density at radius 1 is 0.500 bits per heavy atom. The standard InChI is InChI=1S/C24H54N8/c1(6-24-7-13-30-17-16-26-8-3-10-27-18-19-31-24)2-21-32-22-5-12-28-15-14-25-9-4-11-29-20-23-32/h24-31H,1-23H2. The predicted octanol–water partition coefficient (Wildman–Crippen LogP) is -0.458. The molecule has 2 aliphatic heterocycles. The maximum atomic E-state index is 3.81. The number of hydrogen-bond donors (Lipinski definition) is 7. The van der Waals surface area contributed by atoms with Crippen molar-refractivity contribution < 1.29 is 0 Å². The van der Waals surface area contributed by atoms with Crippen molar-refractivity contribution >= 4 is 0 Å². The molecule has 0 aromatic carbocycles. The van der Waals surface area contributed by atoms with Crippen molar-refractivity contribution in [1.29, 1.82) is 0 Å². The smallest absolute Gasteiger partial charge is 0.0107 e. The second kappa shape index (κ2) is 21.2. The first-order valence-corrected chi connectivity index (χ1v) is 13.7. The second-order valence-corrected chi connectivity index (χ2v) is 9.34. The molecule has 2 heterocycles. The van der Waals surface area contributed by atoms with Gasteiger partial charge in [-0.2, -0.15) is 0 Å². The first-order chi connectivity index (χ1) is 15.9. The normalized spacial score (nSPS) is 26.1. The number of nitrogens with one attached hydrogen (secondary N) is 7. The highest BCUT2D eigenvalue weighted by molar-refractivity contribution is 4.71. The van der Waals surface area contributed by atoms with Gasteiger partial charge in [0.25, 0.3) is 0 Å². The highest BCUT2D eigenvalue weighted by Crippen LogP contribution is 2.06. The van der Waals surface area contributed by atoms with Gasteiger partial charge in [-0.1, -0.05) is 6.42 Å². The van der Waals surface area contributed by atoms with Gasteiger partial charge in [-0.15, -0.1) is 0 Å². The van der Waals surface area contributed by atoms with E-state index < -0.39 is 0 Å². The van der Waals surface area contributed by atoms with Crippen LogP contribution in [0.3, 0.4) is 0 Å². The molecular formula is C24H54N8. The van der Waals surface area contributed by atoms with Crippen molar-refractivity contribution in [1.82, 2.24) is 42.1 Å². The molecule has 0 aliphatic carbocycles. The Bertz CT molecular complexity index is 334. The molecule has 2 saturated heterocycles. The average molecular weight is 455 g/mol. The molecule has 2 aliphatic rings. The van der Waals surface area contributed by atoms with Crippen molar-refractivity contribution in [3.63, 3.8) is 0 Å². The Labute approximate surface area is 198 Å². The topological polar surface area (TPSA) is 87.5 Å². The van der Waals surface area contributed by atoms with E-state index in [1.165, 1.54) is 64.6 Å². The monoisotopic (exact) mass is 454 g/mol. The SMILES string of the molecule is C1CNCCNCCC(CCCCN2CCCNCCNCCCNCC2)NCCNC1. The van der Waals surface area contributed by atoms with Gasteiger partial charge in [0.2, 0.25) is 0 Å². The molecule has 0 bridgehead atoms. The van der Waals surface area contributed by atoms with Crippen LogP contribution >= 0.6 is 0 Å². The summed E-state index contributed by atoms with van der Waals surface area (Å²) in [5, 5.41) is 25.2. The molecule has 2 rings (SSSR count). The van der Waals surface area contributed by atoms with Crippen LogP contribution < -0.4 is 37.2 Å². The third kappa shape index (κ3) is 16.3. The van der Waals surface area contributed by atoms with Gasteiger partial charge < -0.3 is 42.1 Å². The minimum absolute atomic E-state index is 0.638. The third-order valence-corrected chi connectivity index (χ3v) is 6.49. The largest absolute Gasteiger partial charge is 0.315 e. The molecular weight excluding hydrogens is 400 g/mol. The van der Waals surface area contributed by atoms with Crippen LogP contribution in [0.1, 0.15) is 44.9 Å². The summed E-state index contributed by atoms with van der Waals surface area (Å²) in [4.78, 5) is 2.68. The van der Waals surface area contributed by atoms with E-state index in [4.69, 9.17) is 0 Å². The van der Waals surface area contributed by atoms with E-state index in [1.807, 2.05) is 0 Å².